The summed E-state index contributed by atoms with van der Waals surface area (Å²) in [5.41, 5.74) is 3.26. The summed E-state index contributed by atoms with van der Waals surface area (Å²) < 4.78 is 2.33. The molecule has 0 radical (unpaired) electrons. The van der Waals surface area contributed by atoms with Crippen molar-refractivity contribution in [3.05, 3.63) is 66.2 Å². The van der Waals surface area contributed by atoms with Crippen molar-refractivity contribution in [2.24, 2.45) is 5.92 Å². The monoisotopic (exact) mass is 388 g/mol. The summed E-state index contributed by atoms with van der Waals surface area (Å²) in [5, 5.41) is 0. The maximum atomic E-state index is 12.6. The lowest BCUT2D eigenvalue weighted by Gasteiger charge is -2.35. The topological polar surface area (TPSA) is 41.4 Å². The molecule has 4 rings (SSSR count). The van der Waals surface area contributed by atoms with Gasteiger partial charge in [0.1, 0.15) is 0 Å². The number of rotatable bonds is 5. The van der Waals surface area contributed by atoms with E-state index in [0.29, 0.717) is 19.0 Å². The van der Waals surface area contributed by atoms with Crippen LogP contribution in [0.15, 0.2) is 60.7 Å². The van der Waals surface area contributed by atoms with E-state index >= 15 is 0 Å². The van der Waals surface area contributed by atoms with Crippen molar-refractivity contribution in [3.63, 3.8) is 0 Å². The number of hydrogen-bond donors (Lipinski definition) is 0. The van der Waals surface area contributed by atoms with E-state index < -0.39 is 0 Å². The number of benzene rings is 2. The Balaban J connectivity index is 1.46. The number of anilines is 1. The van der Waals surface area contributed by atoms with Gasteiger partial charge in [-0.2, -0.15) is 0 Å². The molecule has 29 heavy (non-hydrogen) atoms. The van der Waals surface area contributed by atoms with Gasteiger partial charge in [-0.3, -0.25) is 4.79 Å². The normalized spacial score (nSPS) is 15.0. The molecular formula is C24H28N4O. The molecule has 3 aromatic rings. The van der Waals surface area contributed by atoms with Crippen LogP contribution in [-0.2, 0) is 11.3 Å². The zero-order valence-electron chi connectivity index (χ0n) is 17.2. The van der Waals surface area contributed by atoms with E-state index in [9.17, 15) is 4.79 Å². The molecule has 150 valence electrons. The number of carbonyl (C=O) groups excluding carboxylic acids is 1. The van der Waals surface area contributed by atoms with Crippen LogP contribution in [-0.4, -0.2) is 46.5 Å². The van der Waals surface area contributed by atoms with Crippen LogP contribution >= 0.6 is 0 Å². The molecule has 0 spiro atoms. The van der Waals surface area contributed by atoms with Crippen LogP contribution in [0.5, 0.6) is 0 Å². The molecule has 1 aliphatic heterocycles. The Hall–Kier alpha value is -3.08. The molecule has 5 heteroatoms. The zero-order chi connectivity index (χ0) is 20.2. The molecule has 0 atom stereocenters. The van der Waals surface area contributed by atoms with Crippen LogP contribution in [0.4, 0.5) is 5.95 Å². The molecule has 0 N–H and O–H groups in total. The Morgan fingerprint density at radius 2 is 1.69 bits per heavy atom. The van der Waals surface area contributed by atoms with Gasteiger partial charge in [-0.15, -0.1) is 0 Å². The zero-order valence-corrected chi connectivity index (χ0v) is 17.2. The van der Waals surface area contributed by atoms with Gasteiger partial charge in [0.15, 0.2) is 0 Å². The summed E-state index contributed by atoms with van der Waals surface area (Å²) in [7, 11) is 0. The maximum Gasteiger partial charge on any atom is 0.246 e. The quantitative estimate of drug-likeness (QED) is 0.619. The van der Waals surface area contributed by atoms with Crippen molar-refractivity contribution in [2.45, 2.75) is 20.4 Å². The molecule has 1 aromatic heterocycles. The van der Waals surface area contributed by atoms with Gasteiger partial charge in [0.2, 0.25) is 11.9 Å². The van der Waals surface area contributed by atoms with E-state index in [1.807, 2.05) is 47.4 Å². The number of nitrogens with zero attached hydrogens (tertiary/aromatic N) is 4. The van der Waals surface area contributed by atoms with Gasteiger partial charge >= 0.3 is 0 Å². The fourth-order valence-corrected chi connectivity index (χ4v) is 3.81. The number of piperazine rings is 1. The molecule has 0 saturated carbocycles. The minimum atomic E-state index is 0.0733. The maximum absolute atomic E-state index is 12.6. The summed E-state index contributed by atoms with van der Waals surface area (Å²) in [4.78, 5) is 21.7. The Labute approximate surface area is 172 Å². The lowest BCUT2D eigenvalue weighted by molar-refractivity contribution is -0.126. The standard InChI is InChI=1S/C24H28N4O/c1-19(2)18-28-22-11-7-6-10-21(22)25-24(28)27-16-14-26(15-17-27)23(29)13-12-20-8-4-3-5-9-20/h3-13,19H,14-18H2,1-2H3. The first-order chi connectivity index (χ1) is 14.1. The predicted molar refractivity (Wildman–Crippen MR) is 119 cm³/mol. The highest BCUT2D eigenvalue weighted by molar-refractivity contribution is 5.92. The van der Waals surface area contributed by atoms with E-state index in [-0.39, 0.29) is 5.91 Å². The second-order valence-corrected chi connectivity index (χ2v) is 7.96. The van der Waals surface area contributed by atoms with E-state index in [4.69, 9.17) is 4.98 Å². The molecule has 5 nitrogen and oxygen atoms in total. The van der Waals surface area contributed by atoms with Crippen molar-refractivity contribution in [1.82, 2.24) is 14.5 Å². The molecule has 1 amide bonds. The second kappa shape index (κ2) is 8.52. The Morgan fingerprint density at radius 3 is 2.41 bits per heavy atom. The predicted octanol–water partition coefficient (Wildman–Crippen LogP) is 4.05. The van der Waals surface area contributed by atoms with Crippen LogP contribution in [0, 0.1) is 5.92 Å². The highest BCUT2D eigenvalue weighted by Gasteiger charge is 2.24. The van der Waals surface area contributed by atoms with Crippen LogP contribution in [0.1, 0.15) is 19.4 Å². The summed E-state index contributed by atoms with van der Waals surface area (Å²) in [6.45, 7) is 8.42. The molecule has 0 bridgehead atoms. The van der Waals surface area contributed by atoms with E-state index in [2.05, 4.69) is 41.5 Å². The third kappa shape index (κ3) is 4.34. The minimum absolute atomic E-state index is 0.0733. The van der Waals surface area contributed by atoms with Gasteiger partial charge in [-0.1, -0.05) is 56.3 Å². The number of hydrogen-bond acceptors (Lipinski definition) is 3. The Bertz CT molecular complexity index is 998. The molecule has 2 heterocycles. The first-order valence-corrected chi connectivity index (χ1v) is 10.3. The smallest absolute Gasteiger partial charge is 0.246 e. The SMILES string of the molecule is CC(C)Cn1c(N2CCN(C(=O)C=Cc3ccccc3)CC2)nc2ccccc21. The molecular weight excluding hydrogens is 360 g/mol. The number of para-hydroxylation sites is 2. The van der Waals surface area contributed by atoms with Gasteiger partial charge < -0.3 is 14.4 Å². The van der Waals surface area contributed by atoms with Crippen molar-refractivity contribution in [3.8, 4) is 0 Å². The second-order valence-electron chi connectivity index (χ2n) is 7.96. The van der Waals surface area contributed by atoms with E-state index in [1.54, 1.807) is 6.08 Å². The van der Waals surface area contributed by atoms with Gasteiger partial charge in [0, 0.05) is 38.8 Å². The minimum Gasteiger partial charge on any atom is -0.339 e. The van der Waals surface area contributed by atoms with Gasteiger partial charge in [0.05, 0.1) is 11.0 Å². The number of carbonyl (C=O) groups is 1. The largest absolute Gasteiger partial charge is 0.339 e. The van der Waals surface area contributed by atoms with Gasteiger partial charge in [-0.05, 0) is 29.7 Å². The van der Waals surface area contributed by atoms with Crippen molar-refractivity contribution in [1.29, 1.82) is 0 Å². The average molecular weight is 389 g/mol. The highest BCUT2D eigenvalue weighted by Crippen LogP contribution is 2.25. The summed E-state index contributed by atoms with van der Waals surface area (Å²) in [6.07, 6.45) is 3.57. The molecule has 0 unspecified atom stereocenters. The number of fused-ring (bicyclic) bond motifs is 1. The Kier molecular flexibility index (Phi) is 5.65. The summed E-state index contributed by atoms with van der Waals surface area (Å²) in [6, 6.07) is 18.3. The van der Waals surface area contributed by atoms with E-state index in [0.717, 1.165) is 36.7 Å². The van der Waals surface area contributed by atoms with Gasteiger partial charge in [-0.25, -0.2) is 4.98 Å². The number of amides is 1. The van der Waals surface area contributed by atoms with Crippen LogP contribution in [0.25, 0.3) is 17.1 Å². The van der Waals surface area contributed by atoms with Crippen LogP contribution < -0.4 is 4.90 Å². The molecule has 1 fully saturated rings. The first-order valence-electron chi connectivity index (χ1n) is 10.3. The summed E-state index contributed by atoms with van der Waals surface area (Å²) >= 11 is 0. The summed E-state index contributed by atoms with van der Waals surface area (Å²) in [5.74, 6) is 1.63. The third-order valence-electron chi connectivity index (χ3n) is 5.27. The molecule has 1 saturated heterocycles. The lowest BCUT2D eigenvalue weighted by atomic mass is 10.2. The first kappa shape index (κ1) is 19.2. The molecule has 1 aliphatic rings. The van der Waals surface area contributed by atoms with Crippen LogP contribution in [0.2, 0.25) is 0 Å². The molecule has 2 aromatic carbocycles. The average Bonchev–Trinajstić information content (AvgIpc) is 3.11. The van der Waals surface area contributed by atoms with Gasteiger partial charge in [0.25, 0.3) is 0 Å². The number of aromatic nitrogens is 2. The van der Waals surface area contributed by atoms with E-state index in [1.165, 1.54) is 5.52 Å². The third-order valence-corrected chi connectivity index (χ3v) is 5.27. The Morgan fingerprint density at radius 1 is 1.00 bits per heavy atom. The van der Waals surface area contributed by atoms with Crippen molar-refractivity contribution >= 4 is 29.0 Å². The number of imidazole rings is 1. The fraction of sp³-hybridized carbons (Fsp3) is 0.333. The highest BCUT2D eigenvalue weighted by atomic mass is 16.2. The fourth-order valence-electron chi connectivity index (χ4n) is 3.81. The van der Waals surface area contributed by atoms with Crippen molar-refractivity contribution < 1.29 is 4.79 Å². The lowest BCUT2D eigenvalue weighted by Crippen LogP contribution is -2.49. The van der Waals surface area contributed by atoms with Crippen molar-refractivity contribution in [2.75, 3.05) is 31.1 Å². The van der Waals surface area contributed by atoms with Crippen LogP contribution in [0.3, 0.4) is 0 Å². The molecule has 0 aliphatic carbocycles.